The summed E-state index contributed by atoms with van der Waals surface area (Å²) in [5, 5.41) is 0. The molecule has 1 aliphatic rings. The van der Waals surface area contributed by atoms with Crippen molar-refractivity contribution in [3.63, 3.8) is 0 Å². The Labute approximate surface area is 98.4 Å². The number of carbonyl (C=O) groups excluding carboxylic acids is 1. The largest absolute Gasteiger partial charge is 0.390 e. The predicted octanol–water partition coefficient (Wildman–Crippen LogP) is 3.08. The van der Waals surface area contributed by atoms with E-state index in [4.69, 9.17) is 0 Å². The van der Waals surface area contributed by atoms with Crippen LogP contribution in [0.1, 0.15) is 46.0 Å². The summed E-state index contributed by atoms with van der Waals surface area (Å²) < 4.78 is 1.79. The number of rotatable bonds is 5. The van der Waals surface area contributed by atoms with E-state index in [9.17, 15) is 4.79 Å². The van der Waals surface area contributed by atoms with Gasteiger partial charge in [-0.25, -0.2) is 4.79 Å². The minimum Gasteiger partial charge on any atom is -0.219 e. The standard InChI is InChI=1S/C14H22NO/c1-4-6-9-12(8-5-2)13-10-7-11-14(16)15(13)3/h7,9-10H,4-6,8,11H2,1-3H3/q+1/b12-9+. The van der Waals surface area contributed by atoms with Crippen LogP contribution in [0.4, 0.5) is 0 Å². The third-order valence-electron chi connectivity index (χ3n) is 2.83. The zero-order valence-electron chi connectivity index (χ0n) is 10.6. The van der Waals surface area contributed by atoms with Gasteiger partial charge in [0.05, 0.1) is 6.42 Å². The molecule has 0 aromatic rings. The Hall–Kier alpha value is -1.18. The van der Waals surface area contributed by atoms with E-state index < -0.39 is 0 Å². The zero-order valence-corrected chi connectivity index (χ0v) is 10.6. The van der Waals surface area contributed by atoms with Crippen molar-refractivity contribution in [3.05, 3.63) is 23.8 Å². The second kappa shape index (κ2) is 6.41. The molecule has 0 N–H and O–H groups in total. The van der Waals surface area contributed by atoms with Gasteiger partial charge in [0.2, 0.25) is 5.71 Å². The number of hydrogen-bond acceptors (Lipinski definition) is 1. The molecule has 0 aromatic heterocycles. The highest BCUT2D eigenvalue weighted by Gasteiger charge is 2.22. The Bertz CT molecular complexity index is 348. The molecule has 0 aliphatic carbocycles. The first-order valence-electron chi connectivity index (χ1n) is 6.20. The molecular formula is C14H22NO+. The Kier molecular flexibility index (Phi) is 5.17. The van der Waals surface area contributed by atoms with E-state index in [1.807, 2.05) is 13.1 Å². The van der Waals surface area contributed by atoms with E-state index in [0.29, 0.717) is 6.42 Å². The third-order valence-corrected chi connectivity index (χ3v) is 2.83. The summed E-state index contributed by atoms with van der Waals surface area (Å²) in [6, 6.07) is 0. The lowest BCUT2D eigenvalue weighted by Gasteiger charge is -2.08. The Morgan fingerprint density at radius 1 is 1.44 bits per heavy atom. The van der Waals surface area contributed by atoms with Crippen LogP contribution in [0.5, 0.6) is 0 Å². The summed E-state index contributed by atoms with van der Waals surface area (Å²) in [5.41, 5.74) is 2.41. The van der Waals surface area contributed by atoms with Crippen molar-refractivity contribution in [1.29, 1.82) is 0 Å². The minimum atomic E-state index is 0.191. The number of nitrogens with zero attached hydrogens (tertiary/aromatic N) is 1. The van der Waals surface area contributed by atoms with Crippen LogP contribution < -0.4 is 0 Å². The molecule has 0 unspecified atom stereocenters. The number of amides is 1. The maximum Gasteiger partial charge on any atom is 0.390 e. The van der Waals surface area contributed by atoms with Crippen LogP contribution in [-0.4, -0.2) is 23.2 Å². The lowest BCUT2D eigenvalue weighted by Crippen LogP contribution is -2.26. The van der Waals surface area contributed by atoms with E-state index in [2.05, 4.69) is 26.0 Å². The van der Waals surface area contributed by atoms with Gasteiger partial charge >= 0.3 is 5.91 Å². The zero-order chi connectivity index (χ0) is 12.0. The molecule has 1 amide bonds. The molecule has 2 heteroatoms. The second-order valence-corrected chi connectivity index (χ2v) is 4.21. The molecule has 0 atom stereocenters. The molecule has 0 saturated heterocycles. The highest BCUT2D eigenvalue weighted by molar-refractivity contribution is 6.08. The number of hydrogen-bond donors (Lipinski definition) is 0. The van der Waals surface area contributed by atoms with E-state index >= 15 is 0 Å². The van der Waals surface area contributed by atoms with Gasteiger partial charge in [0.15, 0.2) is 0 Å². The van der Waals surface area contributed by atoms with Gasteiger partial charge < -0.3 is 0 Å². The quantitative estimate of drug-likeness (QED) is 0.652. The fourth-order valence-corrected chi connectivity index (χ4v) is 1.90. The van der Waals surface area contributed by atoms with Crippen LogP contribution in [0.15, 0.2) is 23.8 Å². The summed E-state index contributed by atoms with van der Waals surface area (Å²) in [6.07, 6.45) is 11.3. The van der Waals surface area contributed by atoms with E-state index in [-0.39, 0.29) is 5.91 Å². The number of unbranched alkanes of at least 4 members (excludes halogenated alkanes) is 1. The van der Waals surface area contributed by atoms with Crippen molar-refractivity contribution >= 4 is 11.6 Å². The third kappa shape index (κ3) is 3.16. The van der Waals surface area contributed by atoms with Gasteiger partial charge in [0, 0.05) is 11.6 Å². The van der Waals surface area contributed by atoms with E-state index in [0.717, 1.165) is 31.4 Å². The van der Waals surface area contributed by atoms with Crippen molar-refractivity contribution in [1.82, 2.24) is 0 Å². The van der Waals surface area contributed by atoms with Crippen LogP contribution in [0.25, 0.3) is 0 Å². The first-order valence-corrected chi connectivity index (χ1v) is 6.20. The first kappa shape index (κ1) is 12.9. The lowest BCUT2D eigenvalue weighted by atomic mass is 10.0. The van der Waals surface area contributed by atoms with E-state index in [1.165, 1.54) is 5.57 Å². The fourth-order valence-electron chi connectivity index (χ4n) is 1.90. The van der Waals surface area contributed by atoms with Crippen LogP contribution in [-0.2, 0) is 4.79 Å². The molecule has 1 heterocycles. The van der Waals surface area contributed by atoms with E-state index in [1.54, 1.807) is 4.58 Å². The molecule has 88 valence electrons. The average molecular weight is 220 g/mol. The van der Waals surface area contributed by atoms with Crippen LogP contribution in [0.3, 0.4) is 0 Å². The number of allylic oxidation sites excluding steroid dienone is 3. The minimum absolute atomic E-state index is 0.191. The summed E-state index contributed by atoms with van der Waals surface area (Å²) in [4.78, 5) is 11.6. The maximum absolute atomic E-state index is 11.6. The normalized spacial score (nSPS) is 17.2. The molecular weight excluding hydrogens is 198 g/mol. The van der Waals surface area contributed by atoms with Crippen molar-refractivity contribution < 1.29 is 9.37 Å². The highest BCUT2D eigenvalue weighted by atomic mass is 16.2. The summed E-state index contributed by atoms with van der Waals surface area (Å²) >= 11 is 0. The highest BCUT2D eigenvalue weighted by Crippen LogP contribution is 2.13. The molecule has 1 rings (SSSR count). The van der Waals surface area contributed by atoms with Gasteiger partial charge in [-0.05, 0) is 12.8 Å². The SMILES string of the molecule is CCC/C=C(\CCC)C1=[N+](C)C(=O)CC=C1. The smallest absolute Gasteiger partial charge is 0.219 e. The van der Waals surface area contributed by atoms with Gasteiger partial charge in [-0.3, -0.25) is 0 Å². The molecule has 2 nitrogen and oxygen atoms in total. The monoisotopic (exact) mass is 220 g/mol. The fraction of sp³-hybridized carbons (Fsp3) is 0.571. The maximum atomic E-state index is 11.6. The first-order chi connectivity index (χ1) is 7.70. The van der Waals surface area contributed by atoms with Crippen molar-refractivity contribution in [3.8, 4) is 0 Å². The molecule has 0 bridgehead atoms. The molecule has 0 saturated carbocycles. The van der Waals surface area contributed by atoms with Crippen LogP contribution >= 0.6 is 0 Å². The number of carbonyl (C=O) groups is 1. The molecule has 1 aliphatic heterocycles. The second-order valence-electron chi connectivity index (χ2n) is 4.21. The van der Waals surface area contributed by atoms with Gasteiger partial charge in [0.25, 0.3) is 0 Å². The summed E-state index contributed by atoms with van der Waals surface area (Å²) in [6.45, 7) is 4.35. The lowest BCUT2D eigenvalue weighted by molar-refractivity contribution is -0.418. The van der Waals surface area contributed by atoms with Crippen molar-refractivity contribution in [2.45, 2.75) is 46.0 Å². The van der Waals surface area contributed by atoms with Crippen molar-refractivity contribution in [2.75, 3.05) is 7.05 Å². The molecule has 16 heavy (non-hydrogen) atoms. The average Bonchev–Trinajstić information content (AvgIpc) is 2.28. The van der Waals surface area contributed by atoms with Crippen LogP contribution in [0, 0.1) is 0 Å². The Balaban J connectivity index is 2.97. The Morgan fingerprint density at radius 2 is 2.19 bits per heavy atom. The van der Waals surface area contributed by atoms with Crippen LogP contribution in [0.2, 0.25) is 0 Å². The molecule has 0 radical (unpaired) electrons. The van der Waals surface area contributed by atoms with Gasteiger partial charge in [-0.1, -0.05) is 38.8 Å². The van der Waals surface area contributed by atoms with Gasteiger partial charge in [-0.2, -0.15) is 4.58 Å². The van der Waals surface area contributed by atoms with Crippen molar-refractivity contribution in [2.24, 2.45) is 0 Å². The molecule has 0 aromatic carbocycles. The summed E-state index contributed by atoms with van der Waals surface area (Å²) in [5.74, 6) is 0.191. The summed E-state index contributed by atoms with van der Waals surface area (Å²) in [7, 11) is 1.87. The molecule has 0 spiro atoms. The Morgan fingerprint density at radius 3 is 2.81 bits per heavy atom. The predicted molar refractivity (Wildman–Crippen MR) is 67.9 cm³/mol. The molecule has 0 fully saturated rings. The van der Waals surface area contributed by atoms with Gasteiger partial charge in [0.1, 0.15) is 7.05 Å². The topological polar surface area (TPSA) is 20.1 Å². The van der Waals surface area contributed by atoms with Gasteiger partial charge in [-0.15, -0.1) is 0 Å².